The van der Waals surface area contributed by atoms with Gasteiger partial charge in [-0.1, -0.05) is 53.5 Å². The van der Waals surface area contributed by atoms with E-state index in [1.165, 1.54) is 24.4 Å². The van der Waals surface area contributed by atoms with Crippen LogP contribution < -0.4 is 10.6 Å². The van der Waals surface area contributed by atoms with Crippen molar-refractivity contribution < 1.29 is 4.39 Å². The number of anilines is 3. The zero-order chi connectivity index (χ0) is 24.4. The molecule has 0 saturated heterocycles. The van der Waals surface area contributed by atoms with E-state index in [0.717, 1.165) is 5.56 Å². The van der Waals surface area contributed by atoms with Crippen LogP contribution >= 0.6 is 23.2 Å². The van der Waals surface area contributed by atoms with Crippen LogP contribution in [0.2, 0.25) is 10.0 Å². The van der Waals surface area contributed by atoms with Crippen molar-refractivity contribution in [1.29, 1.82) is 5.26 Å². The van der Waals surface area contributed by atoms with Crippen LogP contribution in [0.3, 0.4) is 0 Å². The van der Waals surface area contributed by atoms with Gasteiger partial charge < -0.3 is 10.6 Å². The van der Waals surface area contributed by atoms with E-state index in [1.807, 2.05) is 36.4 Å². The van der Waals surface area contributed by atoms with Gasteiger partial charge in [-0.3, -0.25) is 4.98 Å². The Balaban J connectivity index is 1.61. The molecule has 0 radical (unpaired) electrons. The molecule has 2 aromatic heterocycles. The van der Waals surface area contributed by atoms with Crippen molar-refractivity contribution in [3.8, 4) is 6.07 Å². The van der Waals surface area contributed by atoms with Crippen LogP contribution in [0.25, 0.3) is 10.9 Å². The second-order valence-corrected chi connectivity index (χ2v) is 8.46. The molecule has 0 aliphatic rings. The third-order valence-corrected chi connectivity index (χ3v) is 5.99. The average Bonchev–Trinajstić information content (AvgIpc) is 3.40. The molecule has 2 heterocycles. The summed E-state index contributed by atoms with van der Waals surface area (Å²) in [4.78, 5) is 4.38. The minimum atomic E-state index is -0.536. The van der Waals surface area contributed by atoms with Crippen LogP contribution in [0.15, 0.2) is 73.1 Å². The first-order chi connectivity index (χ1) is 17.0. The molecule has 0 spiro atoms. The summed E-state index contributed by atoms with van der Waals surface area (Å²) in [5.74, 6) is -0.536. The lowest BCUT2D eigenvalue weighted by atomic mass is 10.0. The van der Waals surface area contributed by atoms with E-state index < -0.39 is 5.82 Å². The highest BCUT2D eigenvalue weighted by Crippen LogP contribution is 2.37. The topological polar surface area (TPSA) is 102 Å². The Morgan fingerprint density at radius 3 is 2.49 bits per heavy atom. The molecule has 0 bridgehead atoms. The molecule has 3 N–H and O–H groups in total. The quantitative estimate of drug-likeness (QED) is 0.240. The van der Waals surface area contributed by atoms with Crippen molar-refractivity contribution in [3.05, 3.63) is 106 Å². The number of H-pyrrole nitrogens is 1. The van der Waals surface area contributed by atoms with Gasteiger partial charge in [0.05, 0.1) is 39.1 Å². The maximum atomic E-state index is 13.7. The second kappa shape index (κ2) is 9.58. The van der Waals surface area contributed by atoms with E-state index in [2.05, 4.69) is 37.1 Å². The third kappa shape index (κ3) is 4.60. The largest absolute Gasteiger partial charge is 0.373 e. The molecule has 172 valence electrons. The molecule has 3 aromatic carbocycles. The van der Waals surface area contributed by atoms with Crippen molar-refractivity contribution in [2.75, 3.05) is 10.6 Å². The van der Waals surface area contributed by atoms with Gasteiger partial charge in [-0.15, -0.1) is 0 Å². The first-order valence-corrected chi connectivity index (χ1v) is 11.2. The highest BCUT2D eigenvalue weighted by atomic mass is 35.5. The zero-order valence-corrected chi connectivity index (χ0v) is 19.4. The molecule has 0 aliphatic heterocycles. The highest BCUT2D eigenvalue weighted by Gasteiger charge is 2.19. The van der Waals surface area contributed by atoms with Crippen molar-refractivity contribution in [3.63, 3.8) is 0 Å². The minimum absolute atomic E-state index is 0.0365. The molecular formula is C25H16Cl2FN7. The summed E-state index contributed by atoms with van der Waals surface area (Å²) in [5.41, 5.74) is 4.13. The molecule has 0 saturated carbocycles. The van der Waals surface area contributed by atoms with Gasteiger partial charge in [-0.05, 0) is 35.9 Å². The number of nitrogens with one attached hydrogen (secondary N) is 3. The molecule has 0 aliphatic carbocycles. The number of hydrogen-bond donors (Lipinski definition) is 3. The predicted molar refractivity (Wildman–Crippen MR) is 134 cm³/mol. The lowest BCUT2D eigenvalue weighted by Crippen LogP contribution is -2.13. The Hall–Kier alpha value is -4.19. The Morgan fingerprint density at radius 1 is 0.971 bits per heavy atom. The van der Waals surface area contributed by atoms with Gasteiger partial charge in [0, 0.05) is 23.0 Å². The maximum absolute atomic E-state index is 13.7. The molecule has 0 fully saturated rings. The SMILES string of the molecule is N#Cc1cnc2c(Cl)cc(NC(c3ccccc3)c3cn[nH]n3)cc2c1Nc1ccc(F)c(Cl)c1. The van der Waals surface area contributed by atoms with Crippen LogP contribution in [0.5, 0.6) is 0 Å². The normalized spacial score (nSPS) is 11.7. The number of rotatable bonds is 6. The fourth-order valence-electron chi connectivity index (χ4n) is 3.77. The summed E-state index contributed by atoms with van der Waals surface area (Å²) >= 11 is 12.6. The Bertz CT molecular complexity index is 1550. The monoisotopic (exact) mass is 503 g/mol. The highest BCUT2D eigenvalue weighted by molar-refractivity contribution is 6.36. The van der Waals surface area contributed by atoms with Crippen LogP contribution in [0.4, 0.5) is 21.5 Å². The van der Waals surface area contributed by atoms with E-state index in [1.54, 1.807) is 12.3 Å². The van der Waals surface area contributed by atoms with Gasteiger partial charge >= 0.3 is 0 Å². The summed E-state index contributed by atoms with van der Waals surface area (Å²) in [7, 11) is 0. The molecule has 1 atom stereocenters. The van der Waals surface area contributed by atoms with Gasteiger partial charge in [0.2, 0.25) is 0 Å². The number of hydrogen-bond acceptors (Lipinski definition) is 6. The molecule has 35 heavy (non-hydrogen) atoms. The van der Waals surface area contributed by atoms with Crippen molar-refractivity contribution in [1.82, 2.24) is 20.4 Å². The van der Waals surface area contributed by atoms with Gasteiger partial charge in [0.25, 0.3) is 0 Å². The van der Waals surface area contributed by atoms with E-state index in [9.17, 15) is 9.65 Å². The molecule has 1 unspecified atom stereocenters. The number of nitriles is 1. The van der Waals surface area contributed by atoms with Crippen molar-refractivity contribution in [2.45, 2.75) is 6.04 Å². The lowest BCUT2D eigenvalue weighted by molar-refractivity contribution is 0.628. The Kier molecular flexibility index (Phi) is 6.19. The maximum Gasteiger partial charge on any atom is 0.141 e. The van der Waals surface area contributed by atoms with Gasteiger partial charge in [0.1, 0.15) is 17.6 Å². The molecule has 5 aromatic rings. The molecule has 10 heteroatoms. The smallest absolute Gasteiger partial charge is 0.141 e. The van der Waals surface area contributed by atoms with Crippen LogP contribution in [-0.4, -0.2) is 20.4 Å². The second-order valence-electron chi connectivity index (χ2n) is 7.65. The van der Waals surface area contributed by atoms with Gasteiger partial charge in [-0.25, -0.2) is 4.39 Å². The fourth-order valence-corrected chi connectivity index (χ4v) is 4.22. The standard InChI is InChI=1S/C25H16Cl2FN7/c26-19-9-16(6-7-21(19)28)32-23-15(11-29)12-30-25-18(23)8-17(10-20(25)27)33-24(22-13-31-35-34-22)14-4-2-1-3-5-14/h1-10,12-13,24,33H,(H,30,32)(H,31,34,35). The van der Waals surface area contributed by atoms with Crippen LogP contribution in [0, 0.1) is 17.1 Å². The van der Waals surface area contributed by atoms with Crippen molar-refractivity contribution in [2.24, 2.45) is 0 Å². The Labute approximate surface area is 209 Å². The number of nitrogens with zero attached hydrogens (tertiary/aromatic N) is 4. The zero-order valence-electron chi connectivity index (χ0n) is 17.9. The lowest BCUT2D eigenvalue weighted by Gasteiger charge is -2.20. The van der Waals surface area contributed by atoms with E-state index in [4.69, 9.17) is 23.2 Å². The Morgan fingerprint density at radius 2 is 1.77 bits per heavy atom. The number of benzene rings is 3. The average molecular weight is 504 g/mol. The first-order valence-electron chi connectivity index (χ1n) is 10.4. The number of fused-ring (bicyclic) bond motifs is 1. The van der Waals surface area contributed by atoms with E-state index in [0.29, 0.717) is 44.2 Å². The van der Waals surface area contributed by atoms with Crippen molar-refractivity contribution >= 4 is 51.2 Å². The molecule has 0 amide bonds. The summed E-state index contributed by atoms with van der Waals surface area (Å²) in [6.45, 7) is 0. The minimum Gasteiger partial charge on any atom is -0.373 e. The summed E-state index contributed by atoms with van der Waals surface area (Å²) < 4.78 is 13.7. The molecular weight excluding hydrogens is 488 g/mol. The molecule has 5 rings (SSSR count). The number of aromatic amines is 1. The summed E-state index contributed by atoms with van der Waals surface area (Å²) in [5, 5.41) is 28.2. The summed E-state index contributed by atoms with van der Waals surface area (Å²) in [6, 6.07) is 19.5. The number of pyridine rings is 1. The van der Waals surface area contributed by atoms with Gasteiger partial charge in [0.15, 0.2) is 0 Å². The molecule has 7 nitrogen and oxygen atoms in total. The van der Waals surface area contributed by atoms with E-state index in [-0.39, 0.29) is 11.1 Å². The predicted octanol–water partition coefficient (Wildman–Crippen LogP) is 6.62. The van der Waals surface area contributed by atoms with E-state index >= 15 is 0 Å². The first kappa shape index (κ1) is 22.6. The van der Waals surface area contributed by atoms with Crippen LogP contribution in [0.1, 0.15) is 22.9 Å². The third-order valence-electron chi connectivity index (χ3n) is 5.41. The number of halogens is 3. The van der Waals surface area contributed by atoms with Gasteiger partial charge in [-0.2, -0.15) is 20.7 Å². The fraction of sp³-hybridized carbons (Fsp3) is 0.0400. The van der Waals surface area contributed by atoms with Crippen LogP contribution in [-0.2, 0) is 0 Å². The number of aromatic nitrogens is 4. The summed E-state index contributed by atoms with van der Waals surface area (Å²) in [6.07, 6.45) is 3.09.